The van der Waals surface area contributed by atoms with Gasteiger partial charge in [0.25, 0.3) is 0 Å². The number of carboxylic acid groups (broad SMARTS) is 1. The first-order chi connectivity index (χ1) is 12.0. The van der Waals surface area contributed by atoms with Crippen LogP contribution < -0.4 is 10.2 Å². The Morgan fingerprint density at radius 3 is 2.88 bits per heavy atom. The SMILES string of the molecule is CC1CC(C(=O)O)CN(C(=O)NCCCN2CCc3ccccc32)C1. The zero-order chi connectivity index (χ0) is 17.8. The second-order valence-corrected chi connectivity index (χ2v) is 7.23. The Hall–Kier alpha value is -2.24. The number of amides is 2. The number of urea groups is 1. The maximum Gasteiger partial charge on any atom is 0.317 e. The number of fused-ring (bicyclic) bond motifs is 1. The lowest BCUT2D eigenvalue weighted by Crippen LogP contribution is -2.49. The number of benzene rings is 1. The quantitative estimate of drug-likeness (QED) is 0.803. The number of carboxylic acids is 1. The smallest absolute Gasteiger partial charge is 0.317 e. The van der Waals surface area contributed by atoms with Gasteiger partial charge in [-0.15, -0.1) is 0 Å². The van der Waals surface area contributed by atoms with Gasteiger partial charge < -0.3 is 20.2 Å². The van der Waals surface area contributed by atoms with Crippen LogP contribution in [0.1, 0.15) is 25.3 Å². The number of carbonyl (C=O) groups excluding carboxylic acids is 1. The van der Waals surface area contributed by atoms with E-state index in [-0.39, 0.29) is 11.9 Å². The zero-order valence-corrected chi connectivity index (χ0v) is 14.8. The van der Waals surface area contributed by atoms with Crippen LogP contribution in [-0.2, 0) is 11.2 Å². The summed E-state index contributed by atoms with van der Waals surface area (Å²) >= 11 is 0. The fourth-order valence-electron chi connectivity index (χ4n) is 3.91. The summed E-state index contributed by atoms with van der Waals surface area (Å²) in [5.74, 6) is -1.03. The van der Waals surface area contributed by atoms with Crippen LogP contribution >= 0.6 is 0 Å². The summed E-state index contributed by atoms with van der Waals surface area (Å²) in [6, 6.07) is 8.33. The lowest BCUT2D eigenvalue weighted by molar-refractivity contribution is -0.143. The molecule has 3 rings (SSSR count). The van der Waals surface area contributed by atoms with Crippen molar-refractivity contribution >= 4 is 17.7 Å². The molecule has 136 valence electrons. The second kappa shape index (κ2) is 7.76. The molecule has 1 aromatic rings. The number of likely N-dealkylation sites (tertiary alicyclic amines) is 1. The molecule has 0 saturated carbocycles. The van der Waals surface area contributed by atoms with Gasteiger partial charge in [-0.05, 0) is 36.8 Å². The minimum absolute atomic E-state index is 0.139. The minimum atomic E-state index is -0.808. The highest BCUT2D eigenvalue weighted by molar-refractivity contribution is 5.76. The summed E-state index contributed by atoms with van der Waals surface area (Å²) in [5, 5.41) is 12.2. The molecule has 6 heteroatoms. The van der Waals surface area contributed by atoms with Gasteiger partial charge in [-0.1, -0.05) is 25.1 Å². The van der Waals surface area contributed by atoms with E-state index in [1.54, 1.807) is 4.90 Å². The van der Waals surface area contributed by atoms with E-state index in [9.17, 15) is 14.7 Å². The number of rotatable bonds is 5. The standard InChI is InChI=1S/C19H27N3O3/c1-14-11-16(18(23)24)13-22(12-14)19(25)20-8-4-9-21-10-7-15-5-2-3-6-17(15)21/h2-3,5-6,14,16H,4,7-13H2,1H3,(H,20,25)(H,23,24). The number of nitrogens with zero attached hydrogens (tertiary/aromatic N) is 2. The molecule has 1 fully saturated rings. The molecule has 2 aliphatic rings. The van der Waals surface area contributed by atoms with E-state index in [4.69, 9.17) is 0 Å². The highest BCUT2D eigenvalue weighted by Gasteiger charge is 2.31. The molecule has 25 heavy (non-hydrogen) atoms. The van der Waals surface area contributed by atoms with Crippen molar-refractivity contribution in [3.8, 4) is 0 Å². The summed E-state index contributed by atoms with van der Waals surface area (Å²) < 4.78 is 0. The third-order valence-electron chi connectivity index (χ3n) is 5.16. The molecule has 2 atom stereocenters. The number of hydrogen-bond donors (Lipinski definition) is 2. The summed E-state index contributed by atoms with van der Waals surface area (Å²) in [5.41, 5.74) is 2.71. The van der Waals surface area contributed by atoms with Crippen molar-refractivity contribution in [1.29, 1.82) is 0 Å². The fourth-order valence-corrected chi connectivity index (χ4v) is 3.91. The molecule has 1 saturated heterocycles. The molecule has 0 radical (unpaired) electrons. The van der Waals surface area contributed by atoms with E-state index >= 15 is 0 Å². The van der Waals surface area contributed by atoms with Crippen molar-refractivity contribution in [3.63, 3.8) is 0 Å². The first-order valence-corrected chi connectivity index (χ1v) is 9.13. The molecular weight excluding hydrogens is 318 g/mol. The van der Waals surface area contributed by atoms with Crippen LogP contribution in [0.4, 0.5) is 10.5 Å². The van der Waals surface area contributed by atoms with Crippen LogP contribution in [0.15, 0.2) is 24.3 Å². The molecule has 0 aromatic heterocycles. The van der Waals surface area contributed by atoms with Crippen molar-refractivity contribution in [2.24, 2.45) is 11.8 Å². The van der Waals surface area contributed by atoms with Gasteiger partial charge in [0.15, 0.2) is 0 Å². The Morgan fingerprint density at radius 2 is 2.08 bits per heavy atom. The van der Waals surface area contributed by atoms with Crippen LogP contribution in [0.2, 0.25) is 0 Å². The maximum atomic E-state index is 12.3. The Bertz CT molecular complexity index is 634. The third-order valence-corrected chi connectivity index (χ3v) is 5.16. The number of anilines is 1. The Labute approximate surface area is 148 Å². The predicted molar refractivity (Wildman–Crippen MR) is 96.9 cm³/mol. The fraction of sp³-hybridized carbons (Fsp3) is 0.579. The Morgan fingerprint density at radius 1 is 1.28 bits per heavy atom. The Kier molecular flexibility index (Phi) is 5.46. The minimum Gasteiger partial charge on any atom is -0.481 e. The van der Waals surface area contributed by atoms with E-state index in [0.29, 0.717) is 26.1 Å². The van der Waals surface area contributed by atoms with Gasteiger partial charge in [-0.25, -0.2) is 4.79 Å². The Balaban J connectivity index is 1.42. The maximum absolute atomic E-state index is 12.3. The predicted octanol–water partition coefficient (Wildman–Crippen LogP) is 2.19. The van der Waals surface area contributed by atoms with Crippen LogP contribution in [0, 0.1) is 11.8 Å². The van der Waals surface area contributed by atoms with Gasteiger partial charge >= 0.3 is 12.0 Å². The van der Waals surface area contributed by atoms with Gasteiger partial charge in [-0.3, -0.25) is 4.79 Å². The largest absolute Gasteiger partial charge is 0.481 e. The second-order valence-electron chi connectivity index (χ2n) is 7.23. The average molecular weight is 345 g/mol. The molecular formula is C19H27N3O3. The van der Waals surface area contributed by atoms with Gasteiger partial charge in [0.05, 0.1) is 5.92 Å². The molecule has 2 heterocycles. The number of para-hydroxylation sites is 1. The molecule has 0 spiro atoms. The van der Waals surface area contributed by atoms with Crippen molar-refractivity contribution in [2.45, 2.75) is 26.2 Å². The number of carbonyl (C=O) groups is 2. The summed E-state index contributed by atoms with van der Waals surface area (Å²) in [6.07, 6.45) is 2.62. The van der Waals surface area contributed by atoms with E-state index in [0.717, 1.165) is 25.9 Å². The monoisotopic (exact) mass is 345 g/mol. The lowest BCUT2D eigenvalue weighted by Gasteiger charge is -2.34. The van der Waals surface area contributed by atoms with Gasteiger partial charge in [0, 0.05) is 38.4 Å². The van der Waals surface area contributed by atoms with Crippen LogP contribution in [0.25, 0.3) is 0 Å². The summed E-state index contributed by atoms with van der Waals surface area (Å²) in [4.78, 5) is 27.5. The van der Waals surface area contributed by atoms with E-state index in [1.807, 2.05) is 6.92 Å². The molecule has 1 aromatic carbocycles. The number of nitrogens with one attached hydrogen (secondary N) is 1. The van der Waals surface area contributed by atoms with Crippen LogP contribution in [0.3, 0.4) is 0 Å². The first-order valence-electron chi connectivity index (χ1n) is 9.13. The summed E-state index contributed by atoms with van der Waals surface area (Å²) in [7, 11) is 0. The highest BCUT2D eigenvalue weighted by Crippen LogP contribution is 2.27. The van der Waals surface area contributed by atoms with E-state index in [2.05, 4.69) is 34.5 Å². The normalized spacial score (nSPS) is 22.6. The number of aliphatic carboxylic acids is 1. The molecule has 2 N–H and O–H groups in total. The van der Waals surface area contributed by atoms with E-state index in [1.165, 1.54) is 11.3 Å². The molecule has 2 amide bonds. The average Bonchev–Trinajstić information content (AvgIpc) is 3.01. The van der Waals surface area contributed by atoms with Crippen LogP contribution in [-0.4, -0.2) is 54.7 Å². The molecule has 2 aliphatic heterocycles. The third kappa shape index (κ3) is 4.24. The van der Waals surface area contributed by atoms with E-state index < -0.39 is 11.9 Å². The van der Waals surface area contributed by atoms with Gasteiger partial charge in [0.1, 0.15) is 0 Å². The molecule has 2 unspecified atom stereocenters. The van der Waals surface area contributed by atoms with Gasteiger partial charge in [0.2, 0.25) is 0 Å². The number of piperidine rings is 1. The summed E-state index contributed by atoms with van der Waals surface area (Å²) in [6.45, 7) is 5.52. The molecule has 6 nitrogen and oxygen atoms in total. The highest BCUT2D eigenvalue weighted by atomic mass is 16.4. The topological polar surface area (TPSA) is 72.9 Å². The molecule has 0 aliphatic carbocycles. The van der Waals surface area contributed by atoms with Crippen molar-refractivity contribution in [2.75, 3.05) is 37.6 Å². The number of hydrogen-bond acceptors (Lipinski definition) is 3. The lowest BCUT2D eigenvalue weighted by atomic mass is 9.91. The first kappa shape index (κ1) is 17.6. The van der Waals surface area contributed by atoms with Crippen molar-refractivity contribution < 1.29 is 14.7 Å². The van der Waals surface area contributed by atoms with Gasteiger partial charge in [-0.2, -0.15) is 0 Å². The van der Waals surface area contributed by atoms with Crippen molar-refractivity contribution in [1.82, 2.24) is 10.2 Å². The zero-order valence-electron chi connectivity index (χ0n) is 14.8. The van der Waals surface area contributed by atoms with Crippen molar-refractivity contribution in [3.05, 3.63) is 29.8 Å². The molecule has 0 bridgehead atoms. The van der Waals surface area contributed by atoms with Crippen LogP contribution in [0.5, 0.6) is 0 Å².